The molecule has 1 aliphatic rings. The van der Waals surface area contributed by atoms with E-state index in [1.54, 1.807) is 0 Å². The Labute approximate surface area is 75.4 Å². The smallest absolute Gasteiger partial charge is 0.162 e. The molecule has 3 rings (SSSR count). The summed E-state index contributed by atoms with van der Waals surface area (Å²) in [7, 11) is 0. The highest BCUT2D eigenvalue weighted by Gasteiger charge is 2.17. The number of fused-ring (bicyclic) bond motifs is 1. The van der Waals surface area contributed by atoms with Gasteiger partial charge in [0.05, 0.1) is 0 Å². The molecule has 13 heavy (non-hydrogen) atoms. The molecule has 1 aliphatic heterocycles. The molecule has 2 aromatic rings. The summed E-state index contributed by atoms with van der Waals surface area (Å²) in [4.78, 5) is 4.84. The van der Waals surface area contributed by atoms with Gasteiger partial charge in [-0.15, -0.1) is 0 Å². The van der Waals surface area contributed by atoms with Crippen LogP contribution in [0.15, 0.2) is 42.5 Å². The lowest BCUT2D eigenvalue weighted by atomic mass is 10.1. The van der Waals surface area contributed by atoms with Crippen molar-refractivity contribution >= 4 is 16.5 Å². The summed E-state index contributed by atoms with van der Waals surface area (Å²) >= 11 is 0. The van der Waals surface area contributed by atoms with Crippen LogP contribution in [0.5, 0.6) is 0 Å². The maximum atomic E-state index is 4.84. The lowest BCUT2D eigenvalue weighted by molar-refractivity contribution is -0.808. The number of quaternary nitrogens is 1. The van der Waals surface area contributed by atoms with Crippen LogP contribution in [0.4, 0.5) is 5.69 Å². The first-order valence-electron chi connectivity index (χ1n) is 4.18. The van der Waals surface area contributed by atoms with Crippen molar-refractivity contribution in [2.45, 2.75) is 0 Å². The van der Waals surface area contributed by atoms with E-state index < -0.39 is 0 Å². The second-order valence-electron chi connectivity index (χ2n) is 3.01. The van der Waals surface area contributed by atoms with Crippen molar-refractivity contribution in [3.05, 3.63) is 48.1 Å². The first kappa shape index (κ1) is 7.03. The van der Waals surface area contributed by atoms with Crippen LogP contribution in [-0.4, -0.2) is 0 Å². The standard InChI is InChI=1S/C10H8N2O/c1-2-6-9-8(4-1)5-3-7-10(9)12-11-13-12/h1-7,12H. The van der Waals surface area contributed by atoms with Crippen LogP contribution in [0, 0.1) is 0 Å². The SMILES string of the molecule is c1ccc2c([NH+]3[N-]O3)cccc2c1. The largest absolute Gasteiger partial charge is 0.249 e. The van der Waals surface area contributed by atoms with E-state index in [4.69, 9.17) is 4.94 Å². The van der Waals surface area contributed by atoms with Gasteiger partial charge in [-0.1, -0.05) is 30.3 Å². The average molecular weight is 172 g/mol. The number of rotatable bonds is 1. The molecule has 3 heteroatoms. The number of hydrogen-bond donors (Lipinski definition) is 1. The van der Waals surface area contributed by atoms with Crippen molar-refractivity contribution in [1.29, 1.82) is 0 Å². The maximum Gasteiger partial charge on any atom is 0.162 e. The van der Waals surface area contributed by atoms with E-state index in [0.29, 0.717) is 0 Å². The average Bonchev–Trinajstić information content (AvgIpc) is 3.00. The van der Waals surface area contributed by atoms with Gasteiger partial charge in [0.25, 0.3) is 0 Å². The third-order valence-electron chi connectivity index (χ3n) is 2.20. The van der Waals surface area contributed by atoms with Crippen molar-refractivity contribution in [1.82, 2.24) is 0 Å². The summed E-state index contributed by atoms with van der Waals surface area (Å²) in [5.74, 6) is 0. The molecular weight excluding hydrogens is 164 g/mol. The number of nitrogens with zero attached hydrogens (tertiary/aromatic N) is 1. The Bertz CT molecular complexity index is 446. The van der Waals surface area contributed by atoms with E-state index in [1.165, 1.54) is 10.8 Å². The second kappa shape index (κ2) is 2.53. The molecule has 0 radical (unpaired) electrons. The molecule has 1 unspecified atom stereocenters. The molecule has 1 atom stereocenters. The summed E-state index contributed by atoms with van der Waals surface area (Å²) in [6, 6.07) is 14.3. The van der Waals surface area contributed by atoms with Gasteiger partial charge in [-0.25, -0.2) is 15.7 Å². The molecule has 1 heterocycles. The molecule has 2 aromatic carbocycles. The molecule has 1 saturated heterocycles. The third kappa shape index (κ3) is 1.10. The summed E-state index contributed by atoms with van der Waals surface area (Å²) in [5, 5.41) is 3.16. The molecule has 0 aromatic heterocycles. The number of nitrogens with one attached hydrogen (secondary N) is 1. The van der Waals surface area contributed by atoms with Gasteiger partial charge < -0.3 is 0 Å². The predicted octanol–water partition coefficient (Wildman–Crippen LogP) is 1.51. The zero-order valence-corrected chi connectivity index (χ0v) is 6.90. The normalized spacial score (nSPS) is 20.5. The quantitative estimate of drug-likeness (QED) is 0.649. The first-order valence-corrected chi connectivity index (χ1v) is 4.18. The highest BCUT2D eigenvalue weighted by molar-refractivity contribution is 5.90. The molecule has 0 saturated carbocycles. The van der Waals surface area contributed by atoms with E-state index in [1.807, 2.05) is 24.3 Å². The van der Waals surface area contributed by atoms with Crippen molar-refractivity contribution in [3.63, 3.8) is 0 Å². The van der Waals surface area contributed by atoms with Gasteiger partial charge in [0, 0.05) is 11.5 Å². The van der Waals surface area contributed by atoms with Crippen molar-refractivity contribution in [2.24, 2.45) is 0 Å². The Hall–Kier alpha value is -1.42. The van der Waals surface area contributed by atoms with Gasteiger partial charge in [0.2, 0.25) is 0 Å². The van der Waals surface area contributed by atoms with Crippen molar-refractivity contribution < 1.29 is 10.1 Å². The van der Waals surface area contributed by atoms with E-state index in [2.05, 4.69) is 23.8 Å². The Balaban J connectivity index is 2.32. The molecule has 1 fully saturated rings. The zero-order valence-electron chi connectivity index (χ0n) is 6.90. The van der Waals surface area contributed by atoms with Gasteiger partial charge in [-0.05, 0) is 11.5 Å². The van der Waals surface area contributed by atoms with Crippen LogP contribution in [0.3, 0.4) is 0 Å². The third-order valence-corrected chi connectivity index (χ3v) is 2.20. The topological polar surface area (TPSA) is 31.1 Å². The van der Waals surface area contributed by atoms with E-state index in [9.17, 15) is 0 Å². The Kier molecular flexibility index (Phi) is 1.37. The van der Waals surface area contributed by atoms with Crippen LogP contribution in [0.25, 0.3) is 16.4 Å². The molecule has 0 aliphatic carbocycles. The van der Waals surface area contributed by atoms with Gasteiger partial charge in [0.1, 0.15) is 0 Å². The van der Waals surface area contributed by atoms with Crippen molar-refractivity contribution in [3.8, 4) is 0 Å². The summed E-state index contributed by atoms with van der Waals surface area (Å²) in [5.41, 5.74) is 4.82. The molecule has 0 spiro atoms. The minimum atomic E-state index is 0.747. The fourth-order valence-electron chi connectivity index (χ4n) is 1.53. The van der Waals surface area contributed by atoms with Crippen LogP contribution in [0.2, 0.25) is 0 Å². The van der Waals surface area contributed by atoms with Crippen molar-refractivity contribution in [2.75, 3.05) is 0 Å². The lowest BCUT2D eigenvalue weighted by Gasteiger charge is -2.01. The molecule has 1 N–H and O–H groups in total. The second-order valence-corrected chi connectivity index (χ2v) is 3.01. The fourth-order valence-corrected chi connectivity index (χ4v) is 1.53. The molecule has 3 nitrogen and oxygen atoms in total. The monoisotopic (exact) mass is 172 g/mol. The number of hydrogen-bond acceptors (Lipinski definition) is 1. The first-order chi connectivity index (χ1) is 6.45. The summed E-state index contributed by atoms with van der Waals surface area (Å²) in [6.45, 7) is 0. The van der Waals surface area contributed by atoms with E-state index >= 15 is 0 Å². The zero-order chi connectivity index (χ0) is 8.67. The lowest BCUT2D eigenvalue weighted by Crippen LogP contribution is -2.82. The summed E-state index contributed by atoms with van der Waals surface area (Å²) in [6.07, 6.45) is 0. The highest BCUT2D eigenvalue weighted by atomic mass is 17.0. The van der Waals surface area contributed by atoms with Crippen LogP contribution < -0.4 is 5.17 Å². The Morgan fingerprint density at radius 3 is 2.62 bits per heavy atom. The molecular formula is C10H8N2O. The van der Waals surface area contributed by atoms with Gasteiger partial charge >= 0.3 is 0 Å². The van der Waals surface area contributed by atoms with E-state index in [-0.39, 0.29) is 0 Å². The van der Waals surface area contributed by atoms with Crippen LogP contribution >= 0.6 is 0 Å². The van der Waals surface area contributed by atoms with Gasteiger partial charge in [-0.3, -0.25) is 0 Å². The van der Waals surface area contributed by atoms with Crippen LogP contribution in [-0.2, 0) is 4.94 Å². The molecule has 0 bridgehead atoms. The van der Waals surface area contributed by atoms with E-state index in [0.717, 1.165) is 10.9 Å². The number of benzene rings is 2. The molecule has 0 amide bonds. The Morgan fingerprint density at radius 1 is 1.00 bits per heavy atom. The maximum absolute atomic E-state index is 4.84. The summed E-state index contributed by atoms with van der Waals surface area (Å²) < 4.78 is 0. The highest BCUT2D eigenvalue weighted by Crippen LogP contribution is 2.21. The fraction of sp³-hybridized carbons (Fsp3) is 0. The van der Waals surface area contributed by atoms with Gasteiger partial charge in [0.15, 0.2) is 5.69 Å². The van der Waals surface area contributed by atoms with Gasteiger partial charge in [-0.2, -0.15) is 0 Å². The predicted molar refractivity (Wildman–Crippen MR) is 49.0 cm³/mol. The minimum Gasteiger partial charge on any atom is -0.249 e. The minimum absolute atomic E-state index is 0.747. The van der Waals surface area contributed by atoms with Crippen LogP contribution in [0.1, 0.15) is 0 Å². The Morgan fingerprint density at radius 2 is 1.77 bits per heavy atom. The molecule has 64 valence electrons.